The molecule has 0 amide bonds. The summed E-state index contributed by atoms with van der Waals surface area (Å²) in [6.07, 6.45) is 0. The maximum atomic E-state index is 12.8. The first-order valence-corrected chi connectivity index (χ1v) is 6.74. The molecule has 19 heavy (non-hydrogen) atoms. The Morgan fingerprint density at radius 1 is 1.11 bits per heavy atom. The predicted molar refractivity (Wildman–Crippen MR) is 77.0 cm³/mol. The Balaban J connectivity index is 1.81. The Hall–Kier alpha value is -2.07. The zero-order valence-electron chi connectivity index (χ0n) is 10.1. The van der Waals surface area contributed by atoms with Gasteiger partial charge in [0.15, 0.2) is 0 Å². The number of halogens is 1. The molecule has 0 aliphatic carbocycles. The van der Waals surface area contributed by atoms with E-state index in [9.17, 15) is 4.39 Å². The molecule has 0 fully saturated rings. The van der Waals surface area contributed by atoms with Crippen molar-refractivity contribution in [2.45, 2.75) is 6.61 Å². The minimum atomic E-state index is -0.263. The molecule has 0 saturated heterocycles. The van der Waals surface area contributed by atoms with Crippen molar-refractivity contribution >= 4 is 27.1 Å². The fourth-order valence-corrected chi connectivity index (χ4v) is 2.83. The summed E-state index contributed by atoms with van der Waals surface area (Å²) in [6, 6.07) is 11.9. The number of rotatable bonds is 3. The van der Waals surface area contributed by atoms with Crippen molar-refractivity contribution in [2.75, 3.05) is 5.73 Å². The lowest BCUT2D eigenvalue weighted by molar-refractivity contribution is 0.307. The highest BCUT2D eigenvalue weighted by molar-refractivity contribution is 7.17. The molecule has 1 aromatic heterocycles. The van der Waals surface area contributed by atoms with Crippen LogP contribution in [0.25, 0.3) is 10.1 Å². The number of hydrogen-bond acceptors (Lipinski definition) is 3. The number of nitrogens with two attached hydrogens (primary N) is 1. The SMILES string of the molecule is Nc1ccc2scc(COc3ccc(F)cc3)c2c1. The monoisotopic (exact) mass is 273 g/mol. The van der Waals surface area contributed by atoms with Gasteiger partial charge in [0.2, 0.25) is 0 Å². The molecular weight excluding hydrogens is 261 g/mol. The van der Waals surface area contributed by atoms with Gasteiger partial charge in [-0.05, 0) is 47.8 Å². The molecule has 0 bridgehead atoms. The quantitative estimate of drug-likeness (QED) is 0.726. The van der Waals surface area contributed by atoms with Crippen LogP contribution in [0, 0.1) is 5.82 Å². The molecule has 3 aromatic rings. The third-order valence-corrected chi connectivity index (χ3v) is 3.90. The number of anilines is 1. The van der Waals surface area contributed by atoms with E-state index in [1.54, 1.807) is 23.5 Å². The van der Waals surface area contributed by atoms with E-state index >= 15 is 0 Å². The van der Waals surface area contributed by atoms with Gasteiger partial charge in [-0.2, -0.15) is 0 Å². The minimum Gasteiger partial charge on any atom is -0.489 e. The summed E-state index contributed by atoms with van der Waals surface area (Å²) in [5.41, 5.74) is 7.64. The lowest BCUT2D eigenvalue weighted by atomic mass is 10.2. The van der Waals surface area contributed by atoms with Gasteiger partial charge in [0.1, 0.15) is 18.2 Å². The first kappa shape index (κ1) is 12.0. The number of fused-ring (bicyclic) bond motifs is 1. The van der Waals surface area contributed by atoms with E-state index in [1.807, 2.05) is 18.2 Å². The molecule has 3 rings (SSSR count). The molecule has 0 aliphatic rings. The molecule has 0 radical (unpaired) electrons. The summed E-state index contributed by atoms with van der Waals surface area (Å²) >= 11 is 1.66. The second kappa shape index (κ2) is 4.90. The van der Waals surface area contributed by atoms with Crippen molar-refractivity contribution in [3.8, 4) is 5.75 Å². The van der Waals surface area contributed by atoms with Gasteiger partial charge in [0.05, 0.1) is 0 Å². The van der Waals surface area contributed by atoms with Crippen LogP contribution in [0.5, 0.6) is 5.75 Å². The van der Waals surface area contributed by atoms with Crippen molar-refractivity contribution in [1.29, 1.82) is 0 Å². The molecule has 2 N–H and O–H groups in total. The zero-order valence-corrected chi connectivity index (χ0v) is 10.9. The van der Waals surface area contributed by atoms with Gasteiger partial charge < -0.3 is 10.5 Å². The van der Waals surface area contributed by atoms with Gasteiger partial charge in [0.25, 0.3) is 0 Å². The second-order valence-corrected chi connectivity index (χ2v) is 5.17. The van der Waals surface area contributed by atoms with Crippen LogP contribution < -0.4 is 10.5 Å². The highest BCUT2D eigenvalue weighted by atomic mass is 32.1. The van der Waals surface area contributed by atoms with Crippen molar-refractivity contribution < 1.29 is 9.13 Å². The van der Waals surface area contributed by atoms with Crippen LogP contribution >= 0.6 is 11.3 Å². The predicted octanol–water partition coefficient (Wildman–Crippen LogP) is 4.20. The third kappa shape index (κ3) is 2.53. The van der Waals surface area contributed by atoms with E-state index in [0.29, 0.717) is 12.4 Å². The molecule has 4 heteroatoms. The van der Waals surface area contributed by atoms with Crippen LogP contribution in [0.2, 0.25) is 0 Å². The molecule has 96 valence electrons. The summed E-state index contributed by atoms with van der Waals surface area (Å²) in [7, 11) is 0. The molecule has 0 saturated carbocycles. The van der Waals surface area contributed by atoms with Gasteiger partial charge in [-0.3, -0.25) is 0 Å². The van der Waals surface area contributed by atoms with Crippen LogP contribution in [-0.2, 0) is 6.61 Å². The minimum absolute atomic E-state index is 0.263. The molecule has 0 atom stereocenters. The summed E-state index contributed by atoms with van der Waals surface area (Å²) in [5.74, 6) is 0.394. The van der Waals surface area contributed by atoms with Gasteiger partial charge in [-0.15, -0.1) is 11.3 Å². The van der Waals surface area contributed by atoms with Crippen LogP contribution in [0.3, 0.4) is 0 Å². The average Bonchev–Trinajstić information content (AvgIpc) is 2.80. The number of ether oxygens (including phenoxy) is 1. The Labute approximate surface area is 114 Å². The molecule has 1 heterocycles. The first-order chi connectivity index (χ1) is 9.22. The topological polar surface area (TPSA) is 35.2 Å². The third-order valence-electron chi connectivity index (χ3n) is 2.89. The van der Waals surface area contributed by atoms with Crippen molar-refractivity contribution in [1.82, 2.24) is 0 Å². The van der Waals surface area contributed by atoms with Gasteiger partial charge in [-0.1, -0.05) is 0 Å². The first-order valence-electron chi connectivity index (χ1n) is 5.86. The smallest absolute Gasteiger partial charge is 0.123 e. The van der Waals surface area contributed by atoms with Gasteiger partial charge in [0, 0.05) is 21.3 Å². The second-order valence-electron chi connectivity index (χ2n) is 4.26. The molecular formula is C15H12FNOS. The summed E-state index contributed by atoms with van der Waals surface area (Å²) in [4.78, 5) is 0. The van der Waals surface area contributed by atoms with Crippen molar-refractivity contribution in [2.24, 2.45) is 0 Å². The molecule has 0 unspecified atom stereocenters. The van der Waals surface area contributed by atoms with Gasteiger partial charge >= 0.3 is 0 Å². The maximum Gasteiger partial charge on any atom is 0.123 e. The fraction of sp³-hybridized carbons (Fsp3) is 0.0667. The largest absolute Gasteiger partial charge is 0.489 e. The number of nitrogen functional groups attached to an aromatic ring is 1. The summed E-state index contributed by atoms with van der Waals surface area (Å²) in [5, 5.41) is 3.18. The molecule has 2 aromatic carbocycles. The normalized spacial score (nSPS) is 10.8. The number of hydrogen-bond donors (Lipinski definition) is 1. The van der Waals surface area contributed by atoms with Crippen LogP contribution in [0.4, 0.5) is 10.1 Å². The molecule has 2 nitrogen and oxygen atoms in total. The van der Waals surface area contributed by atoms with Gasteiger partial charge in [-0.25, -0.2) is 4.39 Å². The van der Waals surface area contributed by atoms with Crippen LogP contribution in [-0.4, -0.2) is 0 Å². The average molecular weight is 273 g/mol. The number of thiophene rings is 1. The Kier molecular flexibility index (Phi) is 3.09. The Morgan fingerprint density at radius 2 is 1.89 bits per heavy atom. The lowest BCUT2D eigenvalue weighted by Gasteiger charge is -2.05. The van der Waals surface area contributed by atoms with Crippen molar-refractivity contribution in [3.05, 3.63) is 59.2 Å². The Bertz CT molecular complexity index is 706. The van der Waals surface area contributed by atoms with Crippen LogP contribution in [0.1, 0.15) is 5.56 Å². The maximum absolute atomic E-state index is 12.8. The van der Waals surface area contributed by atoms with E-state index in [4.69, 9.17) is 10.5 Å². The van der Waals surface area contributed by atoms with E-state index in [0.717, 1.165) is 16.6 Å². The highest BCUT2D eigenvalue weighted by Gasteiger charge is 2.05. The zero-order chi connectivity index (χ0) is 13.2. The molecule has 0 aliphatic heterocycles. The lowest BCUT2D eigenvalue weighted by Crippen LogP contribution is -1.94. The van der Waals surface area contributed by atoms with Crippen molar-refractivity contribution in [3.63, 3.8) is 0 Å². The summed E-state index contributed by atoms with van der Waals surface area (Å²) < 4.78 is 19.6. The van der Waals surface area contributed by atoms with E-state index in [1.165, 1.54) is 16.8 Å². The van der Waals surface area contributed by atoms with E-state index in [2.05, 4.69) is 5.38 Å². The van der Waals surface area contributed by atoms with E-state index < -0.39 is 0 Å². The molecule has 0 spiro atoms. The fourth-order valence-electron chi connectivity index (χ4n) is 1.90. The Morgan fingerprint density at radius 3 is 2.68 bits per heavy atom. The highest BCUT2D eigenvalue weighted by Crippen LogP contribution is 2.28. The number of benzene rings is 2. The van der Waals surface area contributed by atoms with Crippen LogP contribution in [0.15, 0.2) is 47.8 Å². The summed E-state index contributed by atoms with van der Waals surface area (Å²) in [6.45, 7) is 0.453. The van der Waals surface area contributed by atoms with E-state index in [-0.39, 0.29) is 5.82 Å². The standard InChI is InChI=1S/C15H12FNOS/c16-11-1-4-13(5-2-11)18-8-10-9-19-15-6-3-12(17)7-14(10)15/h1-7,9H,8,17H2.